The molecule has 0 aromatic carbocycles. The molecule has 2 heteroatoms. The Kier molecular flexibility index (Phi) is 1.16. The van der Waals surface area contributed by atoms with Crippen LogP contribution in [0.25, 0.3) is 0 Å². The van der Waals surface area contributed by atoms with Gasteiger partial charge in [0.2, 0.25) is 0 Å². The van der Waals surface area contributed by atoms with Crippen LogP contribution in [0.15, 0.2) is 12.2 Å². The van der Waals surface area contributed by atoms with Crippen molar-refractivity contribution in [1.82, 2.24) is 0 Å². The highest BCUT2D eigenvalue weighted by Crippen LogP contribution is 2.66. The summed E-state index contributed by atoms with van der Waals surface area (Å²) >= 11 is 9.16. The molecule has 0 unspecified atom stereocenters. The van der Waals surface area contributed by atoms with Crippen LogP contribution in [0.2, 0.25) is 0 Å². The van der Waals surface area contributed by atoms with Gasteiger partial charge in [0.1, 0.15) is 0 Å². The molecule has 0 aromatic heterocycles. The maximum absolute atomic E-state index is 4.58. The largest absolute Gasteiger partial charge is 0.161 e. The van der Waals surface area contributed by atoms with Crippen molar-refractivity contribution in [3.8, 4) is 0 Å². The van der Waals surface area contributed by atoms with Crippen molar-refractivity contribution in [2.45, 2.75) is 16.9 Å². The smallest absolute Gasteiger partial charge is 0.0591 e. The van der Waals surface area contributed by atoms with Gasteiger partial charge in [-0.05, 0) is 36.5 Å². The molecule has 3 aliphatic carbocycles. The topological polar surface area (TPSA) is 0 Å². The molecule has 0 radical (unpaired) electrons. The minimum Gasteiger partial charge on any atom is -0.161 e. The SMILES string of the molecule is SC1(S)C[C@@H]2[C@H]1[C@H]1C=C[C@@H]2C1. The zero-order valence-electron chi connectivity index (χ0n) is 6.27. The summed E-state index contributed by atoms with van der Waals surface area (Å²) in [6.45, 7) is 0. The summed E-state index contributed by atoms with van der Waals surface area (Å²) in [5, 5.41) is 0. The van der Waals surface area contributed by atoms with Crippen LogP contribution in [0.1, 0.15) is 12.8 Å². The average molecular weight is 184 g/mol. The molecule has 0 aromatic rings. The van der Waals surface area contributed by atoms with Crippen molar-refractivity contribution in [2.24, 2.45) is 23.7 Å². The summed E-state index contributed by atoms with van der Waals surface area (Å²) in [5.41, 5.74) is 0. The molecule has 3 rings (SSSR count). The summed E-state index contributed by atoms with van der Waals surface area (Å²) in [6, 6.07) is 0. The predicted molar refractivity (Wildman–Crippen MR) is 53.0 cm³/mol. The first-order valence-corrected chi connectivity index (χ1v) is 5.21. The van der Waals surface area contributed by atoms with E-state index in [0.29, 0.717) is 0 Å². The van der Waals surface area contributed by atoms with Gasteiger partial charge in [-0.1, -0.05) is 12.2 Å². The molecular formula is C9H12S2. The van der Waals surface area contributed by atoms with E-state index in [9.17, 15) is 0 Å². The van der Waals surface area contributed by atoms with Gasteiger partial charge in [-0.25, -0.2) is 0 Å². The van der Waals surface area contributed by atoms with E-state index < -0.39 is 0 Å². The molecule has 60 valence electrons. The minimum absolute atomic E-state index is 0.0643. The van der Waals surface area contributed by atoms with Crippen LogP contribution in [0.5, 0.6) is 0 Å². The van der Waals surface area contributed by atoms with Crippen molar-refractivity contribution in [1.29, 1.82) is 0 Å². The van der Waals surface area contributed by atoms with Gasteiger partial charge < -0.3 is 0 Å². The second-order valence-corrected chi connectivity index (χ2v) is 6.17. The monoisotopic (exact) mass is 184 g/mol. The third-order valence-electron chi connectivity index (χ3n) is 3.69. The fraction of sp³-hybridized carbons (Fsp3) is 0.778. The molecule has 0 amide bonds. The van der Waals surface area contributed by atoms with E-state index in [1.165, 1.54) is 12.8 Å². The van der Waals surface area contributed by atoms with Crippen molar-refractivity contribution in [2.75, 3.05) is 0 Å². The van der Waals surface area contributed by atoms with E-state index in [1.54, 1.807) is 0 Å². The molecule has 0 nitrogen and oxygen atoms in total. The molecule has 2 saturated carbocycles. The van der Waals surface area contributed by atoms with Gasteiger partial charge in [0, 0.05) is 0 Å². The van der Waals surface area contributed by atoms with Gasteiger partial charge in [0.25, 0.3) is 0 Å². The first-order valence-electron chi connectivity index (χ1n) is 4.31. The highest BCUT2D eigenvalue weighted by Gasteiger charge is 2.60. The number of fused-ring (bicyclic) bond motifs is 5. The zero-order valence-corrected chi connectivity index (χ0v) is 8.06. The van der Waals surface area contributed by atoms with Gasteiger partial charge in [-0.3, -0.25) is 0 Å². The molecule has 0 heterocycles. The van der Waals surface area contributed by atoms with Crippen molar-refractivity contribution < 1.29 is 0 Å². The number of allylic oxidation sites excluding steroid dienone is 2. The Hall–Kier alpha value is 0.440. The lowest BCUT2D eigenvalue weighted by molar-refractivity contribution is 0.156. The quantitative estimate of drug-likeness (QED) is 0.322. The summed E-state index contributed by atoms with van der Waals surface area (Å²) in [4.78, 5) is 0. The van der Waals surface area contributed by atoms with Crippen LogP contribution in [0, 0.1) is 23.7 Å². The van der Waals surface area contributed by atoms with E-state index in [-0.39, 0.29) is 4.08 Å². The molecule has 0 spiro atoms. The fourth-order valence-corrected chi connectivity index (χ4v) is 4.40. The second kappa shape index (κ2) is 1.85. The zero-order chi connectivity index (χ0) is 7.64. The Labute approximate surface area is 78.3 Å². The van der Waals surface area contributed by atoms with Crippen LogP contribution in [-0.4, -0.2) is 4.08 Å². The van der Waals surface area contributed by atoms with Gasteiger partial charge in [0.05, 0.1) is 4.08 Å². The Morgan fingerprint density at radius 3 is 2.45 bits per heavy atom. The van der Waals surface area contributed by atoms with Gasteiger partial charge in [-0.2, -0.15) is 25.3 Å². The van der Waals surface area contributed by atoms with Crippen LogP contribution in [0.3, 0.4) is 0 Å². The third-order valence-corrected chi connectivity index (χ3v) is 4.65. The van der Waals surface area contributed by atoms with E-state index in [4.69, 9.17) is 0 Å². The molecule has 2 fully saturated rings. The number of hydrogen-bond acceptors (Lipinski definition) is 2. The number of thiol groups is 2. The molecule has 0 N–H and O–H groups in total. The molecule has 4 atom stereocenters. The maximum Gasteiger partial charge on any atom is 0.0591 e. The number of hydrogen-bond donors (Lipinski definition) is 2. The third kappa shape index (κ3) is 0.707. The lowest BCUT2D eigenvalue weighted by Crippen LogP contribution is -2.47. The fourth-order valence-electron chi connectivity index (χ4n) is 3.21. The van der Waals surface area contributed by atoms with E-state index in [1.807, 2.05) is 0 Å². The summed E-state index contributed by atoms with van der Waals surface area (Å²) in [5.74, 6) is 3.41. The lowest BCUT2D eigenvalue weighted by Gasteiger charge is -2.50. The van der Waals surface area contributed by atoms with Crippen LogP contribution in [0.4, 0.5) is 0 Å². The van der Waals surface area contributed by atoms with Gasteiger partial charge in [0.15, 0.2) is 0 Å². The average Bonchev–Trinajstić information content (AvgIpc) is 2.41. The van der Waals surface area contributed by atoms with Crippen LogP contribution in [-0.2, 0) is 0 Å². The van der Waals surface area contributed by atoms with E-state index in [0.717, 1.165) is 23.7 Å². The maximum atomic E-state index is 4.58. The Balaban J connectivity index is 1.97. The van der Waals surface area contributed by atoms with Crippen LogP contribution >= 0.6 is 25.3 Å². The number of rotatable bonds is 0. The summed E-state index contributed by atoms with van der Waals surface area (Å²) in [6.07, 6.45) is 7.39. The highest BCUT2D eigenvalue weighted by molar-refractivity contribution is 8.00. The van der Waals surface area contributed by atoms with E-state index in [2.05, 4.69) is 37.4 Å². The Morgan fingerprint density at radius 2 is 1.91 bits per heavy atom. The molecular weight excluding hydrogens is 172 g/mol. The molecule has 2 bridgehead atoms. The van der Waals surface area contributed by atoms with Crippen LogP contribution < -0.4 is 0 Å². The first kappa shape index (κ1) is 6.90. The normalized spacial score (nSPS) is 55.8. The molecule has 0 aliphatic heterocycles. The van der Waals surface area contributed by atoms with Crippen molar-refractivity contribution in [3.63, 3.8) is 0 Å². The Morgan fingerprint density at radius 1 is 1.18 bits per heavy atom. The molecule has 11 heavy (non-hydrogen) atoms. The lowest BCUT2D eigenvalue weighted by atomic mass is 9.67. The summed E-state index contributed by atoms with van der Waals surface area (Å²) < 4.78 is 0.0643. The highest BCUT2D eigenvalue weighted by atomic mass is 32.2. The predicted octanol–water partition coefficient (Wildman–Crippen LogP) is 2.38. The second-order valence-electron chi connectivity index (χ2n) is 4.22. The molecule has 0 saturated heterocycles. The van der Waals surface area contributed by atoms with Crippen molar-refractivity contribution in [3.05, 3.63) is 12.2 Å². The standard InChI is InChI=1S/C9H12S2/c10-9(11)4-7-5-1-2-6(3-5)8(7)9/h1-2,5-8,10-11H,3-4H2/t5-,6+,7+,8-/m1/s1. The van der Waals surface area contributed by atoms with Crippen molar-refractivity contribution >= 4 is 25.3 Å². The molecule has 3 aliphatic rings. The minimum atomic E-state index is 0.0643. The van der Waals surface area contributed by atoms with Gasteiger partial charge in [-0.15, -0.1) is 0 Å². The summed E-state index contributed by atoms with van der Waals surface area (Å²) in [7, 11) is 0. The first-order chi connectivity index (χ1) is 5.18. The van der Waals surface area contributed by atoms with E-state index >= 15 is 0 Å². The Bertz CT molecular complexity index is 232. The van der Waals surface area contributed by atoms with Gasteiger partial charge >= 0.3 is 0 Å².